The molecule has 0 aliphatic carbocycles. The fourth-order valence-electron chi connectivity index (χ4n) is 3.76. The van der Waals surface area contributed by atoms with Crippen molar-refractivity contribution in [1.82, 2.24) is 4.90 Å². The lowest BCUT2D eigenvalue weighted by molar-refractivity contribution is 0.0579. The molecule has 4 heteroatoms. The topological polar surface area (TPSA) is 38.5 Å². The molecule has 2 aliphatic heterocycles. The minimum absolute atomic E-state index is 0.00813. The molecule has 1 saturated heterocycles. The van der Waals surface area contributed by atoms with Crippen molar-refractivity contribution in [2.45, 2.75) is 51.2 Å². The molecule has 0 aromatic heterocycles. The summed E-state index contributed by atoms with van der Waals surface area (Å²) in [6.45, 7) is 6.33. The molecular weight excluding hydrogens is 284 g/mol. The molecule has 116 valence electrons. The highest BCUT2D eigenvalue weighted by molar-refractivity contribution is 6.32. The van der Waals surface area contributed by atoms with Crippen LogP contribution in [0.25, 0.3) is 0 Å². The molecule has 0 amide bonds. The van der Waals surface area contributed by atoms with Crippen LogP contribution in [0.1, 0.15) is 44.7 Å². The monoisotopic (exact) mass is 308 g/mol. The Morgan fingerprint density at radius 3 is 2.71 bits per heavy atom. The van der Waals surface area contributed by atoms with Gasteiger partial charge in [-0.1, -0.05) is 30.2 Å². The number of ether oxygens (including phenoxy) is 1. The van der Waals surface area contributed by atoms with Gasteiger partial charge in [0, 0.05) is 36.2 Å². The molecule has 2 aliphatic rings. The number of hydrogen-bond acceptors (Lipinski definition) is 3. The Balaban J connectivity index is 1.76. The van der Waals surface area contributed by atoms with Crippen molar-refractivity contribution in [3.05, 3.63) is 28.8 Å². The average molecular weight is 309 g/mol. The van der Waals surface area contributed by atoms with Gasteiger partial charge in [-0.15, -0.1) is 0 Å². The van der Waals surface area contributed by atoms with Crippen molar-refractivity contribution < 1.29 is 4.74 Å². The third kappa shape index (κ3) is 2.92. The van der Waals surface area contributed by atoms with Crippen molar-refractivity contribution in [1.29, 1.82) is 0 Å². The third-order valence-electron chi connectivity index (χ3n) is 5.13. The van der Waals surface area contributed by atoms with Gasteiger partial charge in [-0.05, 0) is 32.8 Å². The smallest absolute Gasteiger partial charge is 0.142 e. The van der Waals surface area contributed by atoms with Gasteiger partial charge < -0.3 is 10.5 Å². The van der Waals surface area contributed by atoms with Crippen LogP contribution >= 0.6 is 11.6 Å². The zero-order chi connectivity index (χ0) is 15.0. The van der Waals surface area contributed by atoms with E-state index < -0.39 is 0 Å². The van der Waals surface area contributed by atoms with Gasteiger partial charge in [0.1, 0.15) is 5.75 Å². The molecule has 2 heterocycles. The van der Waals surface area contributed by atoms with Crippen LogP contribution < -0.4 is 10.5 Å². The van der Waals surface area contributed by atoms with Crippen molar-refractivity contribution in [3.8, 4) is 5.75 Å². The molecular formula is C17H25ClN2O. The Hall–Kier alpha value is -0.770. The molecule has 1 fully saturated rings. The van der Waals surface area contributed by atoms with E-state index in [9.17, 15) is 0 Å². The summed E-state index contributed by atoms with van der Waals surface area (Å²) in [4.78, 5) is 2.60. The van der Waals surface area contributed by atoms with E-state index in [0.29, 0.717) is 29.6 Å². The van der Waals surface area contributed by atoms with Gasteiger partial charge in [-0.2, -0.15) is 0 Å². The van der Waals surface area contributed by atoms with Gasteiger partial charge in [0.25, 0.3) is 0 Å². The molecule has 0 spiro atoms. The lowest BCUT2D eigenvalue weighted by Gasteiger charge is -2.43. The molecule has 0 radical (unpaired) electrons. The predicted octanol–water partition coefficient (Wildman–Crippen LogP) is 3.61. The number of nitrogens with zero attached hydrogens (tertiary/aromatic N) is 1. The number of piperidine rings is 1. The fraction of sp³-hybridized carbons (Fsp3) is 0.647. The Labute approximate surface area is 132 Å². The van der Waals surface area contributed by atoms with Crippen LogP contribution in [0.2, 0.25) is 5.02 Å². The molecule has 3 nitrogen and oxygen atoms in total. The summed E-state index contributed by atoms with van der Waals surface area (Å²) < 4.78 is 5.91. The van der Waals surface area contributed by atoms with Crippen LogP contribution in [-0.4, -0.2) is 30.1 Å². The van der Waals surface area contributed by atoms with Gasteiger partial charge in [0.05, 0.1) is 11.6 Å². The lowest BCUT2D eigenvalue weighted by Crippen LogP contribution is -2.49. The van der Waals surface area contributed by atoms with Gasteiger partial charge in [0.2, 0.25) is 0 Å². The number of rotatable bonds is 2. The molecule has 4 unspecified atom stereocenters. The summed E-state index contributed by atoms with van der Waals surface area (Å²) in [5.74, 6) is 1.11. The first kappa shape index (κ1) is 15.1. The summed E-state index contributed by atoms with van der Waals surface area (Å²) in [6, 6.07) is 7.15. The number of halogens is 1. The van der Waals surface area contributed by atoms with Gasteiger partial charge >= 0.3 is 0 Å². The van der Waals surface area contributed by atoms with Gasteiger partial charge in [0.15, 0.2) is 0 Å². The second-order valence-corrected chi connectivity index (χ2v) is 6.99. The normalized spacial score (nSPS) is 33.3. The molecule has 0 saturated carbocycles. The zero-order valence-corrected chi connectivity index (χ0v) is 13.6. The van der Waals surface area contributed by atoms with Crippen LogP contribution in [0.3, 0.4) is 0 Å². The third-order valence-corrected chi connectivity index (χ3v) is 5.43. The van der Waals surface area contributed by atoms with E-state index in [1.54, 1.807) is 0 Å². The Bertz CT molecular complexity index is 498. The summed E-state index contributed by atoms with van der Waals surface area (Å²) in [5.41, 5.74) is 7.55. The van der Waals surface area contributed by atoms with Crippen LogP contribution in [0.5, 0.6) is 5.75 Å². The van der Waals surface area contributed by atoms with E-state index in [0.717, 1.165) is 17.9 Å². The van der Waals surface area contributed by atoms with E-state index in [4.69, 9.17) is 22.1 Å². The van der Waals surface area contributed by atoms with Crippen LogP contribution in [-0.2, 0) is 0 Å². The quantitative estimate of drug-likeness (QED) is 0.907. The molecule has 4 atom stereocenters. The number of para-hydroxylation sites is 1. The van der Waals surface area contributed by atoms with Crippen molar-refractivity contribution in [2.24, 2.45) is 11.7 Å². The minimum atomic E-state index is 0.00813. The first-order valence-corrected chi connectivity index (χ1v) is 8.38. The van der Waals surface area contributed by atoms with Gasteiger partial charge in [-0.25, -0.2) is 0 Å². The number of fused-ring (bicyclic) bond motifs is 1. The number of hydrogen-bond donors (Lipinski definition) is 1. The van der Waals surface area contributed by atoms with Crippen molar-refractivity contribution in [3.63, 3.8) is 0 Å². The van der Waals surface area contributed by atoms with E-state index >= 15 is 0 Å². The van der Waals surface area contributed by atoms with Crippen LogP contribution in [0.15, 0.2) is 18.2 Å². The average Bonchev–Trinajstić information content (AvgIpc) is 2.46. The highest BCUT2D eigenvalue weighted by atomic mass is 35.5. The van der Waals surface area contributed by atoms with Crippen molar-refractivity contribution >= 4 is 11.6 Å². The predicted molar refractivity (Wildman–Crippen MR) is 86.8 cm³/mol. The molecule has 1 aromatic rings. The number of benzene rings is 1. The summed E-state index contributed by atoms with van der Waals surface area (Å²) >= 11 is 6.20. The number of likely N-dealkylation sites (tertiary alicyclic amines) is 1. The largest absolute Gasteiger partial charge is 0.491 e. The zero-order valence-electron chi connectivity index (χ0n) is 12.9. The Morgan fingerprint density at radius 2 is 2.00 bits per heavy atom. The first-order chi connectivity index (χ1) is 10.1. The van der Waals surface area contributed by atoms with Crippen molar-refractivity contribution in [2.75, 3.05) is 13.2 Å². The Morgan fingerprint density at radius 1 is 1.29 bits per heavy atom. The molecule has 2 N–H and O–H groups in total. The summed E-state index contributed by atoms with van der Waals surface area (Å²) in [6.07, 6.45) is 3.91. The lowest BCUT2D eigenvalue weighted by atomic mass is 9.88. The minimum Gasteiger partial charge on any atom is -0.491 e. The second kappa shape index (κ2) is 6.15. The van der Waals surface area contributed by atoms with Crippen LogP contribution in [0, 0.1) is 5.92 Å². The van der Waals surface area contributed by atoms with E-state index in [2.05, 4.69) is 18.7 Å². The highest BCUT2D eigenvalue weighted by Gasteiger charge is 2.34. The highest BCUT2D eigenvalue weighted by Crippen LogP contribution is 2.39. The standard InChI is InChI=1S/C17H25ClN2O/c1-11-5-3-6-12(2)20(11)9-13-10-21-17-14(16(13)19)7-4-8-15(17)18/h4,7-8,11-13,16H,3,5-6,9-10,19H2,1-2H3. The Kier molecular flexibility index (Phi) is 4.43. The maximum Gasteiger partial charge on any atom is 0.142 e. The van der Waals surface area contributed by atoms with E-state index in [1.165, 1.54) is 19.3 Å². The molecule has 1 aromatic carbocycles. The summed E-state index contributed by atoms with van der Waals surface area (Å²) in [5, 5.41) is 0.668. The molecule has 21 heavy (non-hydrogen) atoms. The maximum absolute atomic E-state index is 6.50. The SMILES string of the molecule is CC1CCCC(C)N1CC1COc2c(Cl)cccc2C1N. The van der Waals surface area contributed by atoms with E-state index in [1.807, 2.05) is 18.2 Å². The van der Waals surface area contributed by atoms with Gasteiger partial charge in [-0.3, -0.25) is 4.90 Å². The summed E-state index contributed by atoms with van der Waals surface area (Å²) in [7, 11) is 0. The van der Waals surface area contributed by atoms with E-state index in [-0.39, 0.29) is 6.04 Å². The fourth-order valence-corrected chi connectivity index (χ4v) is 4.00. The second-order valence-electron chi connectivity index (χ2n) is 6.58. The molecule has 3 rings (SSSR count). The van der Waals surface area contributed by atoms with Crippen LogP contribution in [0.4, 0.5) is 0 Å². The number of nitrogens with two attached hydrogens (primary N) is 1. The molecule has 0 bridgehead atoms. The maximum atomic E-state index is 6.50. The first-order valence-electron chi connectivity index (χ1n) is 8.00.